The molecule has 1 heterocycles. The van der Waals surface area contributed by atoms with Crippen molar-refractivity contribution >= 4 is 11.6 Å². The molecule has 1 amide bonds. The van der Waals surface area contributed by atoms with Crippen molar-refractivity contribution in [3.8, 4) is 5.75 Å². The first-order valence-electron chi connectivity index (χ1n) is 6.95. The second kappa shape index (κ2) is 7.44. The van der Waals surface area contributed by atoms with Crippen LogP contribution in [0, 0.1) is 0 Å². The molecule has 0 atom stereocenters. The fourth-order valence-electron chi connectivity index (χ4n) is 1.84. The number of hydrogen-bond acceptors (Lipinski definition) is 4. The van der Waals surface area contributed by atoms with Gasteiger partial charge in [0.25, 0.3) is 5.91 Å². The number of carbonyl (C=O) groups is 1. The zero-order valence-electron chi connectivity index (χ0n) is 12.1. The first-order valence-corrected chi connectivity index (χ1v) is 6.95. The van der Waals surface area contributed by atoms with E-state index in [1.807, 2.05) is 24.3 Å². The largest absolute Gasteiger partial charge is 0.480 e. The zero-order chi connectivity index (χ0) is 15.1. The summed E-state index contributed by atoms with van der Waals surface area (Å²) in [4.78, 5) is 11.8. The molecule has 0 spiro atoms. The third-order valence-electron chi connectivity index (χ3n) is 2.91. The van der Waals surface area contributed by atoms with Crippen LogP contribution in [0.5, 0.6) is 5.75 Å². The number of nitrogens with two attached hydrogens (primary N) is 1. The van der Waals surface area contributed by atoms with Crippen LogP contribution in [-0.2, 0) is 17.9 Å². The number of aromatic nitrogens is 2. The minimum Gasteiger partial charge on any atom is -0.480 e. The van der Waals surface area contributed by atoms with E-state index in [0.717, 1.165) is 24.2 Å². The normalized spacial score (nSPS) is 10.4. The second-order valence-electron chi connectivity index (χ2n) is 4.68. The highest BCUT2D eigenvalue weighted by Gasteiger charge is 2.05. The standard InChI is InChI=1S/C15H20N4O2/c1-2-7-19-10-14(9-17-19)21-11-15(20)18-13-5-3-12(8-16)4-6-13/h3-6,9-10H,2,7-8,11,16H2,1H3,(H,18,20). The molecule has 0 fully saturated rings. The topological polar surface area (TPSA) is 82.2 Å². The lowest BCUT2D eigenvalue weighted by Crippen LogP contribution is -2.20. The maximum atomic E-state index is 11.8. The van der Waals surface area contributed by atoms with Gasteiger partial charge in [-0.25, -0.2) is 0 Å². The zero-order valence-corrected chi connectivity index (χ0v) is 12.1. The number of ether oxygens (including phenoxy) is 1. The van der Waals surface area contributed by atoms with Gasteiger partial charge in [0.15, 0.2) is 12.4 Å². The SMILES string of the molecule is CCCn1cc(OCC(=O)Nc2ccc(CN)cc2)cn1. The molecule has 0 saturated carbocycles. The molecule has 1 aromatic heterocycles. The Hall–Kier alpha value is -2.34. The number of aryl methyl sites for hydroxylation is 1. The van der Waals surface area contributed by atoms with Crippen molar-refractivity contribution in [2.75, 3.05) is 11.9 Å². The first kappa shape index (κ1) is 15.1. The lowest BCUT2D eigenvalue weighted by Gasteiger charge is -2.06. The Bertz CT molecular complexity index is 578. The quantitative estimate of drug-likeness (QED) is 0.813. The number of nitrogens with zero attached hydrogens (tertiary/aromatic N) is 2. The average molecular weight is 288 g/mol. The van der Waals surface area contributed by atoms with E-state index in [0.29, 0.717) is 12.3 Å². The molecular weight excluding hydrogens is 268 g/mol. The molecule has 0 aliphatic carbocycles. The van der Waals surface area contributed by atoms with Crippen molar-refractivity contribution in [2.24, 2.45) is 5.73 Å². The number of rotatable bonds is 7. The van der Waals surface area contributed by atoms with E-state index in [-0.39, 0.29) is 12.5 Å². The maximum absolute atomic E-state index is 11.8. The molecule has 1 aromatic carbocycles. The highest BCUT2D eigenvalue weighted by Crippen LogP contribution is 2.11. The van der Waals surface area contributed by atoms with E-state index >= 15 is 0 Å². The van der Waals surface area contributed by atoms with E-state index in [9.17, 15) is 4.79 Å². The predicted molar refractivity (Wildman–Crippen MR) is 81.0 cm³/mol. The summed E-state index contributed by atoms with van der Waals surface area (Å²) in [5.41, 5.74) is 7.27. The van der Waals surface area contributed by atoms with Crippen LogP contribution < -0.4 is 15.8 Å². The van der Waals surface area contributed by atoms with Gasteiger partial charge < -0.3 is 15.8 Å². The van der Waals surface area contributed by atoms with Crippen LogP contribution in [0.4, 0.5) is 5.69 Å². The number of anilines is 1. The maximum Gasteiger partial charge on any atom is 0.262 e. The van der Waals surface area contributed by atoms with E-state index in [2.05, 4.69) is 17.3 Å². The van der Waals surface area contributed by atoms with Crippen LogP contribution in [0.2, 0.25) is 0 Å². The number of benzene rings is 1. The van der Waals surface area contributed by atoms with Gasteiger partial charge in [0.1, 0.15) is 0 Å². The van der Waals surface area contributed by atoms with Crippen molar-refractivity contribution in [1.82, 2.24) is 9.78 Å². The van der Waals surface area contributed by atoms with Crippen LogP contribution >= 0.6 is 0 Å². The number of amides is 1. The Kier molecular flexibility index (Phi) is 5.34. The van der Waals surface area contributed by atoms with E-state index in [1.54, 1.807) is 17.1 Å². The lowest BCUT2D eigenvalue weighted by molar-refractivity contribution is -0.118. The number of nitrogens with one attached hydrogen (secondary N) is 1. The fraction of sp³-hybridized carbons (Fsp3) is 0.333. The molecule has 0 saturated heterocycles. The van der Waals surface area contributed by atoms with Gasteiger partial charge in [-0.3, -0.25) is 9.48 Å². The Labute approximate surface area is 123 Å². The predicted octanol–water partition coefficient (Wildman–Crippen LogP) is 1.77. The molecule has 112 valence electrons. The molecule has 0 bridgehead atoms. The van der Waals surface area contributed by atoms with Gasteiger partial charge in [-0.05, 0) is 24.1 Å². The van der Waals surface area contributed by atoms with Gasteiger partial charge in [0, 0.05) is 18.8 Å². The van der Waals surface area contributed by atoms with E-state index in [1.165, 1.54) is 0 Å². The summed E-state index contributed by atoms with van der Waals surface area (Å²) in [5, 5.41) is 6.90. The van der Waals surface area contributed by atoms with Crippen molar-refractivity contribution in [1.29, 1.82) is 0 Å². The molecule has 3 N–H and O–H groups in total. The van der Waals surface area contributed by atoms with Gasteiger partial charge in [-0.2, -0.15) is 5.10 Å². The highest BCUT2D eigenvalue weighted by molar-refractivity contribution is 5.91. The molecule has 6 nitrogen and oxygen atoms in total. The van der Waals surface area contributed by atoms with Gasteiger partial charge in [0.2, 0.25) is 0 Å². The van der Waals surface area contributed by atoms with E-state index < -0.39 is 0 Å². The third-order valence-corrected chi connectivity index (χ3v) is 2.91. The van der Waals surface area contributed by atoms with Gasteiger partial charge >= 0.3 is 0 Å². The molecular formula is C15H20N4O2. The molecule has 0 aliphatic heterocycles. The first-order chi connectivity index (χ1) is 10.2. The summed E-state index contributed by atoms with van der Waals surface area (Å²) in [6.07, 6.45) is 4.40. The lowest BCUT2D eigenvalue weighted by atomic mass is 10.2. The monoisotopic (exact) mass is 288 g/mol. The Morgan fingerprint density at radius 1 is 1.38 bits per heavy atom. The smallest absolute Gasteiger partial charge is 0.262 e. The summed E-state index contributed by atoms with van der Waals surface area (Å²) in [6.45, 7) is 3.35. The molecule has 0 radical (unpaired) electrons. The summed E-state index contributed by atoms with van der Waals surface area (Å²) in [5.74, 6) is 0.385. The van der Waals surface area contributed by atoms with Crippen LogP contribution in [0.3, 0.4) is 0 Å². The van der Waals surface area contributed by atoms with Gasteiger partial charge in [-0.1, -0.05) is 19.1 Å². The summed E-state index contributed by atoms with van der Waals surface area (Å²) in [7, 11) is 0. The van der Waals surface area contributed by atoms with Crippen molar-refractivity contribution in [3.05, 3.63) is 42.2 Å². The summed E-state index contributed by atoms with van der Waals surface area (Å²) < 4.78 is 7.19. The van der Waals surface area contributed by atoms with Crippen molar-refractivity contribution in [2.45, 2.75) is 26.4 Å². The molecule has 2 rings (SSSR count). The molecule has 0 aliphatic rings. The van der Waals surface area contributed by atoms with E-state index in [4.69, 9.17) is 10.5 Å². The molecule has 6 heteroatoms. The van der Waals surface area contributed by atoms with Crippen LogP contribution in [0.1, 0.15) is 18.9 Å². The average Bonchev–Trinajstić information content (AvgIpc) is 2.94. The van der Waals surface area contributed by atoms with Gasteiger partial charge in [-0.15, -0.1) is 0 Å². The highest BCUT2D eigenvalue weighted by atomic mass is 16.5. The minimum absolute atomic E-state index is 0.0452. The fourth-order valence-corrected chi connectivity index (χ4v) is 1.84. The summed E-state index contributed by atoms with van der Waals surface area (Å²) in [6, 6.07) is 7.40. The molecule has 2 aromatic rings. The van der Waals surface area contributed by atoms with Crippen LogP contribution in [0.15, 0.2) is 36.7 Å². The van der Waals surface area contributed by atoms with Crippen molar-refractivity contribution < 1.29 is 9.53 Å². The Balaban J connectivity index is 1.80. The van der Waals surface area contributed by atoms with Gasteiger partial charge in [0.05, 0.1) is 12.4 Å². The molecule has 21 heavy (non-hydrogen) atoms. The number of hydrogen-bond donors (Lipinski definition) is 2. The second-order valence-corrected chi connectivity index (χ2v) is 4.68. The molecule has 0 unspecified atom stereocenters. The summed E-state index contributed by atoms with van der Waals surface area (Å²) >= 11 is 0. The minimum atomic E-state index is -0.210. The third kappa shape index (κ3) is 4.61. The Morgan fingerprint density at radius 2 is 2.14 bits per heavy atom. The van der Waals surface area contributed by atoms with Crippen LogP contribution in [0.25, 0.3) is 0 Å². The van der Waals surface area contributed by atoms with Crippen LogP contribution in [-0.4, -0.2) is 22.3 Å². The number of carbonyl (C=O) groups excluding carboxylic acids is 1. The van der Waals surface area contributed by atoms with Crippen molar-refractivity contribution in [3.63, 3.8) is 0 Å². The Morgan fingerprint density at radius 3 is 2.81 bits per heavy atom.